The number of anilines is 1. The van der Waals surface area contributed by atoms with E-state index in [4.69, 9.17) is 4.74 Å². The number of methoxy groups -OCH3 is 1. The highest BCUT2D eigenvalue weighted by atomic mass is 32.2. The van der Waals surface area contributed by atoms with E-state index in [1.54, 1.807) is 7.11 Å². The minimum Gasteiger partial charge on any atom is -0.496 e. The van der Waals surface area contributed by atoms with Gasteiger partial charge in [-0.05, 0) is 42.3 Å². The van der Waals surface area contributed by atoms with Gasteiger partial charge in [0.05, 0.1) is 17.7 Å². The number of rotatable bonds is 6. The Labute approximate surface area is 145 Å². The van der Waals surface area contributed by atoms with Crippen molar-refractivity contribution in [2.75, 3.05) is 25.2 Å². The summed E-state index contributed by atoms with van der Waals surface area (Å²) >= 11 is 0. The molecular formula is C18H19FN2O3S. The van der Waals surface area contributed by atoms with Gasteiger partial charge in [0.25, 0.3) is 0 Å². The molecule has 0 aliphatic carbocycles. The third-order valence-corrected chi connectivity index (χ3v) is 5.16. The van der Waals surface area contributed by atoms with E-state index in [-0.39, 0.29) is 10.6 Å². The van der Waals surface area contributed by atoms with Crippen LogP contribution in [0.5, 0.6) is 5.75 Å². The van der Waals surface area contributed by atoms with E-state index < -0.39 is 15.7 Å². The summed E-state index contributed by atoms with van der Waals surface area (Å²) in [6.07, 6.45) is 3.63. The topological polar surface area (TPSA) is 71.2 Å². The van der Waals surface area contributed by atoms with Crippen LogP contribution in [0.2, 0.25) is 0 Å². The van der Waals surface area contributed by atoms with Gasteiger partial charge in [-0.25, -0.2) is 12.8 Å². The van der Waals surface area contributed by atoms with Gasteiger partial charge in [-0.15, -0.1) is 0 Å². The quantitative estimate of drug-likeness (QED) is 0.705. The van der Waals surface area contributed by atoms with Crippen LogP contribution in [-0.2, 0) is 16.3 Å². The highest BCUT2D eigenvalue weighted by Crippen LogP contribution is 2.29. The van der Waals surface area contributed by atoms with Crippen LogP contribution in [0.1, 0.15) is 5.56 Å². The van der Waals surface area contributed by atoms with Crippen molar-refractivity contribution in [2.45, 2.75) is 11.3 Å². The summed E-state index contributed by atoms with van der Waals surface area (Å²) in [5.74, 6) is 0.205. The molecule has 0 radical (unpaired) electrons. The molecule has 0 bridgehead atoms. The summed E-state index contributed by atoms with van der Waals surface area (Å²) in [5.41, 5.74) is 2.32. The van der Waals surface area contributed by atoms with Gasteiger partial charge in [-0.2, -0.15) is 0 Å². The molecule has 2 aromatic carbocycles. The average Bonchev–Trinajstić information content (AvgIpc) is 2.98. The van der Waals surface area contributed by atoms with Gasteiger partial charge in [0.1, 0.15) is 11.6 Å². The molecule has 0 atom stereocenters. The van der Waals surface area contributed by atoms with Crippen LogP contribution in [-0.4, -0.2) is 33.3 Å². The normalized spacial score (nSPS) is 11.6. The van der Waals surface area contributed by atoms with Gasteiger partial charge >= 0.3 is 0 Å². The molecular weight excluding hydrogens is 343 g/mol. The van der Waals surface area contributed by atoms with Gasteiger partial charge in [0.15, 0.2) is 9.84 Å². The van der Waals surface area contributed by atoms with E-state index in [0.717, 1.165) is 34.5 Å². The van der Waals surface area contributed by atoms with Crippen molar-refractivity contribution in [1.29, 1.82) is 0 Å². The van der Waals surface area contributed by atoms with Crippen LogP contribution in [0.25, 0.3) is 10.9 Å². The first-order valence-corrected chi connectivity index (χ1v) is 9.65. The monoisotopic (exact) mass is 362 g/mol. The van der Waals surface area contributed by atoms with Gasteiger partial charge in [0, 0.05) is 29.9 Å². The Morgan fingerprint density at radius 1 is 1.24 bits per heavy atom. The molecule has 3 rings (SSSR count). The van der Waals surface area contributed by atoms with Crippen LogP contribution < -0.4 is 10.1 Å². The minimum absolute atomic E-state index is 0.0306. The van der Waals surface area contributed by atoms with E-state index in [1.165, 1.54) is 12.1 Å². The minimum atomic E-state index is -3.42. The molecule has 0 fully saturated rings. The maximum atomic E-state index is 14.1. The summed E-state index contributed by atoms with van der Waals surface area (Å²) < 4.78 is 42.4. The molecule has 7 heteroatoms. The van der Waals surface area contributed by atoms with Crippen molar-refractivity contribution in [3.63, 3.8) is 0 Å². The number of H-pyrrole nitrogens is 1. The number of nitrogens with one attached hydrogen (secondary N) is 2. The van der Waals surface area contributed by atoms with E-state index in [9.17, 15) is 12.8 Å². The molecule has 2 N–H and O–H groups in total. The summed E-state index contributed by atoms with van der Waals surface area (Å²) in [5, 5.41) is 4.02. The fourth-order valence-electron chi connectivity index (χ4n) is 2.79. The summed E-state index contributed by atoms with van der Waals surface area (Å²) in [6, 6.07) is 9.66. The molecule has 3 aromatic rings. The van der Waals surface area contributed by atoms with Crippen LogP contribution in [0.15, 0.2) is 47.5 Å². The van der Waals surface area contributed by atoms with Crippen molar-refractivity contribution in [2.24, 2.45) is 0 Å². The molecule has 0 unspecified atom stereocenters. The second kappa shape index (κ2) is 6.76. The van der Waals surface area contributed by atoms with Crippen LogP contribution in [0, 0.1) is 5.82 Å². The molecule has 0 amide bonds. The molecule has 0 saturated heterocycles. The summed E-state index contributed by atoms with van der Waals surface area (Å²) in [4.78, 5) is 3.17. The molecule has 0 aliphatic heterocycles. The van der Waals surface area contributed by atoms with Gasteiger partial charge < -0.3 is 15.0 Å². The van der Waals surface area contributed by atoms with Crippen LogP contribution >= 0.6 is 0 Å². The lowest BCUT2D eigenvalue weighted by Crippen LogP contribution is -2.07. The van der Waals surface area contributed by atoms with E-state index in [0.29, 0.717) is 13.0 Å². The second-order valence-electron chi connectivity index (χ2n) is 5.79. The SMILES string of the molecule is COc1cccc2[nH]cc(CCNc3ccc(S(C)(=O)=O)cc3F)c12. The first-order valence-electron chi connectivity index (χ1n) is 7.76. The molecule has 132 valence electrons. The van der Waals surface area contributed by atoms with Crippen molar-refractivity contribution in [3.8, 4) is 5.75 Å². The number of benzene rings is 2. The number of hydrogen-bond donors (Lipinski definition) is 2. The molecule has 0 saturated carbocycles. The fraction of sp³-hybridized carbons (Fsp3) is 0.222. The highest BCUT2D eigenvalue weighted by Gasteiger charge is 2.12. The Hall–Kier alpha value is -2.54. The number of hydrogen-bond acceptors (Lipinski definition) is 4. The number of aromatic nitrogens is 1. The second-order valence-corrected chi connectivity index (χ2v) is 7.80. The van der Waals surface area contributed by atoms with E-state index >= 15 is 0 Å². The maximum Gasteiger partial charge on any atom is 0.175 e. The third kappa shape index (κ3) is 3.61. The Morgan fingerprint density at radius 2 is 2.04 bits per heavy atom. The average molecular weight is 362 g/mol. The predicted octanol–water partition coefficient (Wildman–Crippen LogP) is 3.37. The van der Waals surface area contributed by atoms with Gasteiger partial charge in [-0.1, -0.05) is 6.07 Å². The molecule has 0 spiro atoms. The smallest absolute Gasteiger partial charge is 0.175 e. The number of halogens is 1. The lowest BCUT2D eigenvalue weighted by molar-refractivity contribution is 0.419. The first-order chi connectivity index (χ1) is 11.9. The lowest BCUT2D eigenvalue weighted by Gasteiger charge is -2.09. The fourth-order valence-corrected chi connectivity index (χ4v) is 3.42. The lowest BCUT2D eigenvalue weighted by atomic mass is 10.1. The molecule has 25 heavy (non-hydrogen) atoms. The molecule has 1 heterocycles. The number of fused-ring (bicyclic) bond motifs is 1. The highest BCUT2D eigenvalue weighted by molar-refractivity contribution is 7.90. The summed E-state index contributed by atoms with van der Waals surface area (Å²) in [7, 11) is -1.79. The van der Waals surface area contributed by atoms with Crippen molar-refractivity contribution in [3.05, 3.63) is 54.0 Å². The number of aromatic amines is 1. The third-order valence-electron chi connectivity index (χ3n) is 4.05. The zero-order chi connectivity index (χ0) is 18.0. The Morgan fingerprint density at radius 3 is 2.72 bits per heavy atom. The van der Waals surface area contributed by atoms with Crippen molar-refractivity contribution >= 4 is 26.4 Å². The Bertz CT molecular complexity index is 1010. The molecule has 1 aromatic heterocycles. The Kier molecular flexibility index (Phi) is 4.67. The molecule has 0 aliphatic rings. The largest absolute Gasteiger partial charge is 0.496 e. The first kappa shape index (κ1) is 17.3. The number of sulfone groups is 1. The Balaban J connectivity index is 1.74. The van der Waals surface area contributed by atoms with Crippen LogP contribution in [0.4, 0.5) is 10.1 Å². The van der Waals surface area contributed by atoms with Gasteiger partial charge in [0.2, 0.25) is 0 Å². The maximum absolute atomic E-state index is 14.1. The van der Waals surface area contributed by atoms with Crippen LogP contribution in [0.3, 0.4) is 0 Å². The van der Waals surface area contributed by atoms with Crippen molar-refractivity contribution < 1.29 is 17.5 Å². The standard InChI is InChI=1S/C18H19FN2O3S/c1-24-17-5-3-4-16-18(17)12(11-21-16)8-9-20-15-7-6-13(10-14(15)19)25(2,22)23/h3-7,10-11,20-21H,8-9H2,1-2H3. The predicted molar refractivity (Wildman–Crippen MR) is 96.6 cm³/mol. The molecule has 5 nitrogen and oxygen atoms in total. The van der Waals surface area contributed by atoms with Crippen molar-refractivity contribution in [1.82, 2.24) is 4.98 Å². The van der Waals surface area contributed by atoms with E-state index in [1.807, 2.05) is 24.4 Å². The zero-order valence-corrected chi connectivity index (χ0v) is 14.8. The van der Waals surface area contributed by atoms with E-state index in [2.05, 4.69) is 10.3 Å². The summed E-state index contributed by atoms with van der Waals surface area (Å²) in [6.45, 7) is 0.500. The van der Waals surface area contributed by atoms with Gasteiger partial charge in [-0.3, -0.25) is 0 Å². The zero-order valence-electron chi connectivity index (χ0n) is 14.0. The number of ether oxygens (including phenoxy) is 1.